The summed E-state index contributed by atoms with van der Waals surface area (Å²) < 4.78 is 5.02. The Kier molecular flexibility index (Phi) is 6.98. The topological polar surface area (TPSA) is 67.3 Å². The number of hydrogen-bond donors (Lipinski definition) is 1. The Bertz CT molecular complexity index is 792. The molecule has 1 atom stereocenters. The highest BCUT2D eigenvalue weighted by molar-refractivity contribution is 5.79. The van der Waals surface area contributed by atoms with Crippen LogP contribution in [0, 0.1) is 19.8 Å². The van der Waals surface area contributed by atoms with Gasteiger partial charge in [0.1, 0.15) is 0 Å². The van der Waals surface area contributed by atoms with Gasteiger partial charge in [0.15, 0.2) is 5.82 Å². The highest BCUT2D eigenvalue weighted by Gasteiger charge is 2.26. The second-order valence-electron chi connectivity index (χ2n) is 7.50. The Hall–Kier alpha value is -2.47. The molecular formula is C22H30N4O2. The number of methoxy groups -OCH3 is 1. The Morgan fingerprint density at radius 3 is 2.79 bits per heavy atom. The largest absolute Gasteiger partial charge is 0.385 e. The third-order valence-corrected chi connectivity index (χ3v) is 5.39. The number of amides is 1. The van der Waals surface area contributed by atoms with Crippen LogP contribution in [0.25, 0.3) is 11.3 Å². The molecular weight excluding hydrogens is 352 g/mol. The van der Waals surface area contributed by atoms with Gasteiger partial charge in [0.25, 0.3) is 0 Å². The monoisotopic (exact) mass is 382 g/mol. The molecule has 2 heterocycles. The standard InChI is InChI=1S/C22H30N4O2/c1-16-7-8-18(14-17(16)2)20-9-10-21(25-24-20)26-12-4-6-19(15-26)22(27)23-11-5-13-28-3/h7-10,14,19H,4-6,11-13,15H2,1-3H3,(H,23,27)/t19-/m0/s1. The number of nitrogens with zero attached hydrogens (tertiary/aromatic N) is 3. The van der Waals surface area contributed by atoms with Crippen molar-refractivity contribution in [3.63, 3.8) is 0 Å². The molecule has 0 radical (unpaired) electrons. The number of ether oxygens (including phenoxy) is 1. The van der Waals surface area contributed by atoms with Gasteiger partial charge in [0.05, 0.1) is 11.6 Å². The summed E-state index contributed by atoms with van der Waals surface area (Å²) in [6, 6.07) is 10.4. The van der Waals surface area contributed by atoms with E-state index in [0.29, 0.717) is 19.7 Å². The Labute approximate surface area is 167 Å². The van der Waals surface area contributed by atoms with Gasteiger partial charge in [-0.15, -0.1) is 10.2 Å². The second kappa shape index (κ2) is 9.64. The molecule has 3 rings (SSSR count). The number of nitrogens with one attached hydrogen (secondary N) is 1. The first-order valence-electron chi connectivity index (χ1n) is 10.0. The van der Waals surface area contributed by atoms with Gasteiger partial charge in [0, 0.05) is 38.9 Å². The number of rotatable bonds is 7. The van der Waals surface area contributed by atoms with Crippen molar-refractivity contribution in [2.45, 2.75) is 33.1 Å². The van der Waals surface area contributed by atoms with Crippen molar-refractivity contribution in [3.05, 3.63) is 41.5 Å². The lowest BCUT2D eigenvalue weighted by Gasteiger charge is -2.32. The minimum Gasteiger partial charge on any atom is -0.385 e. The molecule has 150 valence electrons. The average molecular weight is 383 g/mol. The summed E-state index contributed by atoms with van der Waals surface area (Å²) in [7, 11) is 1.67. The van der Waals surface area contributed by atoms with Crippen LogP contribution in [0.1, 0.15) is 30.4 Å². The third-order valence-electron chi connectivity index (χ3n) is 5.39. The molecule has 6 nitrogen and oxygen atoms in total. The molecule has 1 N–H and O–H groups in total. The minimum atomic E-state index is -0.00230. The van der Waals surface area contributed by atoms with Crippen LogP contribution in [0.2, 0.25) is 0 Å². The second-order valence-corrected chi connectivity index (χ2v) is 7.50. The number of aromatic nitrogens is 2. The van der Waals surface area contributed by atoms with Crippen molar-refractivity contribution in [2.24, 2.45) is 5.92 Å². The molecule has 0 bridgehead atoms. The molecule has 0 unspecified atom stereocenters. The molecule has 1 saturated heterocycles. The molecule has 1 aliphatic rings. The first kappa shape index (κ1) is 20.3. The number of anilines is 1. The van der Waals surface area contributed by atoms with Gasteiger partial charge in [-0.2, -0.15) is 0 Å². The van der Waals surface area contributed by atoms with Gasteiger partial charge in [-0.05, 0) is 62.4 Å². The van der Waals surface area contributed by atoms with E-state index >= 15 is 0 Å². The van der Waals surface area contributed by atoms with E-state index in [1.165, 1.54) is 11.1 Å². The molecule has 1 aliphatic heterocycles. The van der Waals surface area contributed by atoms with Crippen LogP contribution in [0.4, 0.5) is 5.82 Å². The number of piperidine rings is 1. The molecule has 1 aromatic carbocycles. The zero-order valence-corrected chi connectivity index (χ0v) is 17.1. The smallest absolute Gasteiger partial charge is 0.224 e. The van der Waals surface area contributed by atoms with Gasteiger partial charge in [-0.3, -0.25) is 4.79 Å². The number of hydrogen-bond acceptors (Lipinski definition) is 5. The maximum Gasteiger partial charge on any atom is 0.224 e. The van der Waals surface area contributed by atoms with Gasteiger partial charge in [-0.25, -0.2) is 0 Å². The highest BCUT2D eigenvalue weighted by Crippen LogP contribution is 2.24. The molecule has 0 aliphatic carbocycles. The summed E-state index contributed by atoms with van der Waals surface area (Å²) in [5.74, 6) is 0.961. The van der Waals surface area contributed by atoms with Crippen LogP contribution in [0.5, 0.6) is 0 Å². The van der Waals surface area contributed by atoms with Crippen molar-refractivity contribution in [1.82, 2.24) is 15.5 Å². The Morgan fingerprint density at radius 2 is 2.07 bits per heavy atom. The summed E-state index contributed by atoms with van der Waals surface area (Å²) >= 11 is 0. The average Bonchev–Trinajstić information content (AvgIpc) is 2.73. The zero-order chi connectivity index (χ0) is 19.9. The molecule has 1 aromatic heterocycles. The molecule has 0 saturated carbocycles. The number of aryl methyl sites for hydroxylation is 2. The third kappa shape index (κ3) is 5.07. The predicted molar refractivity (Wildman–Crippen MR) is 111 cm³/mol. The molecule has 2 aromatic rings. The molecule has 0 spiro atoms. The zero-order valence-electron chi connectivity index (χ0n) is 17.1. The SMILES string of the molecule is COCCCNC(=O)[C@H]1CCCN(c2ccc(-c3ccc(C)c(C)c3)nn2)C1. The summed E-state index contributed by atoms with van der Waals surface area (Å²) in [5, 5.41) is 11.9. The summed E-state index contributed by atoms with van der Waals surface area (Å²) in [4.78, 5) is 14.6. The van der Waals surface area contributed by atoms with E-state index in [4.69, 9.17) is 4.74 Å². The van der Waals surface area contributed by atoms with E-state index < -0.39 is 0 Å². The quantitative estimate of drug-likeness (QED) is 0.745. The lowest BCUT2D eigenvalue weighted by atomic mass is 9.97. The number of carbonyl (C=O) groups excluding carboxylic acids is 1. The van der Waals surface area contributed by atoms with Crippen molar-refractivity contribution in [3.8, 4) is 11.3 Å². The molecule has 28 heavy (non-hydrogen) atoms. The van der Waals surface area contributed by atoms with Crippen molar-refractivity contribution in [2.75, 3.05) is 38.3 Å². The normalized spacial score (nSPS) is 16.8. The van der Waals surface area contributed by atoms with E-state index in [-0.39, 0.29) is 11.8 Å². The fourth-order valence-corrected chi connectivity index (χ4v) is 3.52. The van der Waals surface area contributed by atoms with Crippen LogP contribution in [-0.4, -0.2) is 49.5 Å². The van der Waals surface area contributed by atoms with Gasteiger partial charge in [0.2, 0.25) is 5.91 Å². The Balaban J connectivity index is 1.61. The van der Waals surface area contributed by atoms with Crippen molar-refractivity contribution < 1.29 is 9.53 Å². The fourth-order valence-electron chi connectivity index (χ4n) is 3.52. The first-order chi connectivity index (χ1) is 13.6. The van der Waals surface area contributed by atoms with Gasteiger partial charge >= 0.3 is 0 Å². The van der Waals surface area contributed by atoms with E-state index in [9.17, 15) is 4.79 Å². The lowest BCUT2D eigenvalue weighted by molar-refractivity contribution is -0.125. The highest BCUT2D eigenvalue weighted by atomic mass is 16.5. The summed E-state index contributed by atoms with van der Waals surface area (Å²) in [6.45, 7) is 7.13. The van der Waals surface area contributed by atoms with Crippen molar-refractivity contribution >= 4 is 11.7 Å². The lowest BCUT2D eigenvalue weighted by Crippen LogP contribution is -2.43. The maximum absolute atomic E-state index is 12.4. The Morgan fingerprint density at radius 1 is 1.21 bits per heavy atom. The van der Waals surface area contributed by atoms with Crippen LogP contribution in [0.3, 0.4) is 0 Å². The summed E-state index contributed by atoms with van der Waals surface area (Å²) in [6.07, 6.45) is 2.74. The number of carbonyl (C=O) groups is 1. The van der Waals surface area contributed by atoms with Crippen LogP contribution in [0.15, 0.2) is 30.3 Å². The van der Waals surface area contributed by atoms with E-state index in [1.54, 1.807) is 7.11 Å². The van der Waals surface area contributed by atoms with Gasteiger partial charge in [-0.1, -0.05) is 12.1 Å². The van der Waals surface area contributed by atoms with Crippen LogP contribution < -0.4 is 10.2 Å². The van der Waals surface area contributed by atoms with E-state index in [1.807, 2.05) is 12.1 Å². The maximum atomic E-state index is 12.4. The molecule has 6 heteroatoms. The minimum absolute atomic E-state index is 0.00230. The predicted octanol–water partition coefficient (Wildman–Crippen LogP) is 3.13. The molecule has 1 amide bonds. The van der Waals surface area contributed by atoms with E-state index in [0.717, 1.165) is 42.9 Å². The van der Waals surface area contributed by atoms with Crippen LogP contribution >= 0.6 is 0 Å². The number of benzene rings is 1. The fraction of sp³-hybridized carbons (Fsp3) is 0.500. The van der Waals surface area contributed by atoms with Crippen molar-refractivity contribution in [1.29, 1.82) is 0 Å². The first-order valence-corrected chi connectivity index (χ1v) is 10.0. The van der Waals surface area contributed by atoms with E-state index in [2.05, 4.69) is 52.5 Å². The molecule has 1 fully saturated rings. The van der Waals surface area contributed by atoms with Gasteiger partial charge < -0.3 is 15.0 Å². The van der Waals surface area contributed by atoms with Crippen LogP contribution in [-0.2, 0) is 9.53 Å². The summed E-state index contributed by atoms with van der Waals surface area (Å²) in [5.41, 5.74) is 4.47.